The van der Waals surface area contributed by atoms with Gasteiger partial charge in [-0.2, -0.15) is 0 Å². The van der Waals surface area contributed by atoms with Gasteiger partial charge in [-0.05, 0) is 41.5 Å². The molecule has 2 amide bonds. The molecule has 0 bridgehead atoms. The lowest BCUT2D eigenvalue weighted by molar-refractivity contribution is -0.332. The van der Waals surface area contributed by atoms with Gasteiger partial charge in [-0.25, -0.2) is 0 Å². The van der Waals surface area contributed by atoms with E-state index >= 15 is 0 Å². The van der Waals surface area contributed by atoms with E-state index in [1.54, 1.807) is 30.3 Å². The fourth-order valence-electron chi connectivity index (χ4n) is 3.82. The van der Waals surface area contributed by atoms with Crippen molar-refractivity contribution in [2.24, 2.45) is 5.92 Å². The average Bonchev–Trinajstić information content (AvgIpc) is 2.82. The second kappa shape index (κ2) is 9.23. The molecule has 2 aromatic carbocycles. The van der Waals surface area contributed by atoms with Gasteiger partial charge in [-0.3, -0.25) is 9.59 Å². The monoisotopic (exact) mass is 446 g/mol. The lowest BCUT2D eigenvalue weighted by Crippen LogP contribution is -2.76. The zero-order valence-corrected chi connectivity index (χ0v) is 17.5. The summed E-state index contributed by atoms with van der Waals surface area (Å²) in [5.74, 6) is -1.96. The molecule has 5 unspecified atom stereocenters. The second-order valence-corrected chi connectivity index (χ2v) is 7.53. The summed E-state index contributed by atoms with van der Waals surface area (Å²) in [5, 5.41) is 54.9. The highest BCUT2D eigenvalue weighted by atomic mass is 16.6. The number of carbonyl (C=O) groups excluding carboxylic acids is 2. The maximum absolute atomic E-state index is 12.5. The summed E-state index contributed by atoms with van der Waals surface area (Å²) in [6, 6.07) is 11.0. The first kappa shape index (κ1) is 23.6. The quantitative estimate of drug-likeness (QED) is 0.262. The second-order valence-electron chi connectivity index (χ2n) is 7.53. The summed E-state index contributed by atoms with van der Waals surface area (Å²) in [7, 11) is 2.95. The van der Waals surface area contributed by atoms with Crippen LogP contribution in [0.15, 0.2) is 42.5 Å². The minimum atomic E-state index is -2.29. The van der Waals surface area contributed by atoms with Crippen molar-refractivity contribution in [2.45, 2.75) is 24.1 Å². The zero-order chi connectivity index (χ0) is 23.6. The van der Waals surface area contributed by atoms with Gasteiger partial charge in [0.05, 0.1) is 18.3 Å². The van der Waals surface area contributed by atoms with Crippen LogP contribution in [0.3, 0.4) is 0 Å². The van der Waals surface area contributed by atoms with Crippen molar-refractivity contribution >= 4 is 11.8 Å². The van der Waals surface area contributed by atoms with E-state index < -0.39 is 42.5 Å². The molecule has 1 saturated carbocycles. The Morgan fingerprint density at radius 1 is 1.09 bits per heavy atom. The maximum Gasteiger partial charge on any atom is 0.251 e. The summed E-state index contributed by atoms with van der Waals surface area (Å²) in [4.78, 5) is 24.5. The number of benzene rings is 2. The Kier molecular flexibility index (Phi) is 6.82. The molecule has 0 saturated heterocycles. The number of rotatable bonds is 7. The number of hydrogen-bond acceptors (Lipinski definition) is 8. The first-order chi connectivity index (χ1) is 15.2. The van der Waals surface area contributed by atoms with Crippen LogP contribution in [0.2, 0.25) is 0 Å². The van der Waals surface area contributed by atoms with E-state index in [1.807, 2.05) is 0 Å². The molecule has 1 aliphatic rings. The van der Waals surface area contributed by atoms with Crippen LogP contribution in [-0.4, -0.2) is 82.1 Å². The fourth-order valence-corrected chi connectivity index (χ4v) is 3.82. The largest absolute Gasteiger partial charge is 0.462 e. The zero-order valence-electron chi connectivity index (χ0n) is 17.5. The van der Waals surface area contributed by atoms with Crippen LogP contribution in [0.1, 0.15) is 20.7 Å². The van der Waals surface area contributed by atoms with E-state index in [0.29, 0.717) is 16.7 Å². The fraction of sp³-hybridized carbons (Fsp3) is 0.364. The van der Waals surface area contributed by atoms with Crippen LogP contribution in [-0.2, 0) is 0 Å². The Balaban J connectivity index is 1.94. The van der Waals surface area contributed by atoms with Crippen molar-refractivity contribution in [1.29, 1.82) is 0 Å². The van der Waals surface area contributed by atoms with Gasteiger partial charge in [-0.15, -0.1) is 0 Å². The molecule has 1 aliphatic carbocycles. The molecule has 0 aliphatic heterocycles. The standard InChI is InChI=1S/C22H26N2O8/c1-23-19(28)12-5-3-4-11(8-12)14-7-6-13(9-15(14)20(29)24-2)32-21(30)22(31)16(10-25)17(26)18(22)27/h3-9,16-18,21,25-27,30-31H,10H2,1-2H3,(H,23,28)(H,24,29). The molecule has 10 heteroatoms. The molecule has 3 rings (SSSR count). The van der Waals surface area contributed by atoms with E-state index in [0.717, 1.165) is 0 Å². The van der Waals surface area contributed by atoms with Gasteiger partial charge < -0.3 is 40.9 Å². The molecular weight excluding hydrogens is 420 g/mol. The van der Waals surface area contributed by atoms with Gasteiger partial charge in [0.15, 0.2) is 5.60 Å². The van der Waals surface area contributed by atoms with E-state index in [-0.39, 0.29) is 17.2 Å². The molecular formula is C22H26N2O8. The summed E-state index contributed by atoms with van der Waals surface area (Å²) in [6.07, 6.45) is -5.13. The maximum atomic E-state index is 12.5. The topological polar surface area (TPSA) is 169 Å². The Morgan fingerprint density at radius 3 is 2.41 bits per heavy atom. The number of hydrogen-bond donors (Lipinski definition) is 7. The molecule has 0 heterocycles. The van der Waals surface area contributed by atoms with Crippen LogP contribution in [0.5, 0.6) is 5.75 Å². The summed E-state index contributed by atoms with van der Waals surface area (Å²) >= 11 is 0. The lowest BCUT2D eigenvalue weighted by Gasteiger charge is -2.53. The number of nitrogens with one attached hydrogen (secondary N) is 2. The lowest BCUT2D eigenvalue weighted by atomic mass is 9.64. The highest BCUT2D eigenvalue weighted by Crippen LogP contribution is 2.42. The first-order valence-corrected chi connectivity index (χ1v) is 9.91. The van der Waals surface area contributed by atoms with Crippen LogP contribution in [0.4, 0.5) is 0 Å². The molecule has 172 valence electrons. The third-order valence-corrected chi connectivity index (χ3v) is 5.77. The molecule has 7 N–H and O–H groups in total. The van der Waals surface area contributed by atoms with E-state index in [9.17, 15) is 35.1 Å². The molecule has 32 heavy (non-hydrogen) atoms. The molecule has 2 aromatic rings. The normalized spacial score (nSPS) is 25.4. The minimum absolute atomic E-state index is 0.000936. The number of carbonyl (C=O) groups is 2. The molecule has 10 nitrogen and oxygen atoms in total. The molecule has 5 atom stereocenters. The highest BCUT2D eigenvalue weighted by Gasteiger charge is 2.65. The summed E-state index contributed by atoms with van der Waals surface area (Å²) in [6.45, 7) is -0.681. The van der Waals surface area contributed by atoms with Gasteiger partial charge >= 0.3 is 0 Å². The average molecular weight is 446 g/mol. The van der Waals surface area contributed by atoms with Crippen molar-refractivity contribution in [2.75, 3.05) is 20.7 Å². The number of amides is 2. The van der Waals surface area contributed by atoms with Gasteiger partial charge in [0.1, 0.15) is 11.9 Å². The van der Waals surface area contributed by atoms with Crippen molar-refractivity contribution < 1.29 is 39.9 Å². The van der Waals surface area contributed by atoms with Crippen LogP contribution in [0.25, 0.3) is 11.1 Å². The summed E-state index contributed by atoms with van der Waals surface area (Å²) in [5.41, 5.74) is -0.636. The van der Waals surface area contributed by atoms with E-state index in [4.69, 9.17) is 4.74 Å². The molecule has 1 fully saturated rings. The molecule has 0 spiro atoms. The van der Waals surface area contributed by atoms with Crippen molar-refractivity contribution in [1.82, 2.24) is 10.6 Å². The predicted molar refractivity (Wildman–Crippen MR) is 113 cm³/mol. The predicted octanol–water partition coefficient (Wildman–Crippen LogP) is -1.15. The van der Waals surface area contributed by atoms with Gasteiger partial charge in [0.2, 0.25) is 6.29 Å². The smallest absolute Gasteiger partial charge is 0.251 e. The van der Waals surface area contributed by atoms with Crippen LogP contribution < -0.4 is 15.4 Å². The van der Waals surface area contributed by atoms with Crippen LogP contribution >= 0.6 is 0 Å². The third-order valence-electron chi connectivity index (χ3n) is 5.77. The van der Waals surface area contributed by atoms with Gasteiger partial charge in [0.25, 0.3) is 11.8 Å². The number of aliphatic hydroxyl groups is 5. The van der Waals surface area contributed by atoms with Crippen molar-refractivity contribution in [3.8, 4) is 16.9 Å². The Labute approximate surface area is 184 Å². The molecule has 0 radical (unpaired) electrons. The third kappa shape index (κ3) is 3.94. The minimum Gasteiger partial charge on any atom is -0.462 e. The number of ether oxygens (including phenoxy) is 1. The SMILES string of the molecule is CNC(=O)c1cccc(-c2ccc(OC(O)C3(O)C(O)C(O)C3CO)cc2C(=O)NC)c1. The van der Waals surface area contributed by atoms with E-state index in [2.05, 4.69) is 10.6 Å². The number of aliphatic hydroxyl groups excluding tert-OH is 4. The Bertz CT molecular complexity index is 1010. The van der Waals surface area contributed by atoms with Gasteiger partial charge in [-0.1, -0.05) is 12.1 Å². The van der Waals surface area contributed by atoms with E-state index in [1.165, 1.54) is 26.2 Å². The summed E-state index contributed by atoms with van der Waals surface area (Å²) < 4.78 is 5.36. The van der Waals surface area contributed by atoms with Crippen LogP contribution in [0, 0.1) is 5.92 Å². The Morgan fingerprint density at radius 2 is 1.78 bits per heavy atom. The highest BCUT2D eigenvalue weighted by molar-refractivity contribution is 6.02. The molecule has 0 aromatic heterocycles. The Hall–Kier alpha value is -3.02. The van der Waals surface area contributed by atoms with Crippen molar-refractivity contribution in [3.63, 3.8) is 0 Å². The van der Waals surface area contributed by atoms with Crippen molar-refractivity contribution in [3.05, 3.63) is 53.6 Å². The first-order valence-electron chi connectivity index (χ1n) is 9.91. The van der Waals surface area contributed by atoms with Gasteiger partial charge in [0, 0.05) is 25.6 Å².